The number of rotatable bonds is 7. The average molecular weight is 262 g/mol. The third-order valence-corrected chi connectivity index (χ3v) is 3.81. The van der Waals surface area contributed by atoms with Gasteiger partial charge in [0.1, 0.15) is 12.2 Å². The van der Waals surface area contributed by atoms with E-state index in [0.29, 0.717) is 6.04 Å². The second kappa shape index (κ2) is 7.43. The Kier molecular flexibility index (Phi) is 5.58. The molecule has 0 saturated carbocycles. The van der Waals surface area contributed by atoms with E-state index < -0.39 is 0 Å². The Morgan fingerprint density at radius 3 is 2.89 bits per heavy atom. The van der Waals surface area contributed by atoms with Gasteiger partial charge in [-0.25, -0.2) is 4.98 Å². The molecule has 0 spiro atoms. The van der Waals surface area contributed by atoms with Gasteiger partial charge in [-0.05, 0) is 45.1 Å². The molecule has 0 fully saturated rings. The van der Waals surface area contributed by atoms with Crippen molar-refractivity contribution in [2.24, 2.45) is 7.05 Å². The first kappa shape index (κ1) is 14.3. The lowest BCUT2D eigenvalue weighted by Gasteiger charge is -2.21. The summed E-state index contributed by atoms with van der Waals surface area (Å²) in [5.74, 6) is 1.07. The summed E-state index contributed by atoms with van der Waals surface area (Å²) in [6.45, 7) is 3.29. The second-order valence-corrected chi connectivity index (χ2v) is 5.47. The maximum Gasteiger partial charge on any atom is 0.138 e. The summed E-state index contributed by atoms with van der Waals surface area (Å²) < 4.78 is 1.88. The molecule has 1 N–H and O–H groups in total. The molecule has 0 aliphatic heterocycles. The van der Waals surface area contributed by atoms with Crippen LogP contribution >= 0.6 is 0 Å². The first-order valence-corrected chi connectivity index (χ1v) is 7.53. The number of aromatic nitrogens is 3. The number of nitrogens with zero attached hydrogens (tertiary/aromatic N) is 3. The predicted octanol–water partition coefficient (Wildman–Crippen LogP) is 2.62. The van der Waals surface area contributed by atoms with E-state index in [2.05, 4.69) is 28.4 Å². The van der Waals surface area contributed by atoms with Gasteiger partial charge in [-0.15, -0.1) is 0 Å². The highest BCUT2D eigenvalue weighted by Crippen LogP contribution is 2.22. The minimum absolute atomic E-state index is 0.493. The van der Waals surface area contributed by atoms with E-state index in [1.165, 1.54) is 32.1 Å². The second-order valence-electron chi connectivity index (χ2n) is 5.47. The molecular weight excluding hydrogens is 236 g/mol. The van der Waals surface area contributed by atoms with Gasteiger partial charge >= 0.3 is 0 Å². The molecule has 4 nitrogen and oxygen atoms in total. The summed E-state index contributed by atoms with van der Waals surface area (Å²) in [7, 11) is 1.97. The van der Waals surface area contributed by atoms with E-state index >= 15 is 0 Å². The number of hydrogen-bond donors (Lipinski definition) is 1. The van der Waals surface area contributed by atoms with Crippen LogP contribution in [0, 0.1) is 0 Å². The Balaban J connectivity index is 1.94. The van der Waals surface area contributed by atoms with Crippen molar-refractivity contribution in [1.82, 2.24) is 20.1 Å². The lowest BCUT2D eigenvalue weighted by molar-refractivity contribution is 0.473. The molecule has 1 aliphatic rings. The van der Waals surface area contributed by atoms with Crippen LogP contribution in [-0.4, -0.2) is 27.4 Å². The number of allylic oxidation sites excluding steroid dienone is 1. The lowest BCUT2D eigenvalue weighted by Crippen LogP contribution is -2.33. The van der Waals surface area contributed by atoms with Crippen molar-refractivity contribution < 1.29 is 0 Å². The summed E-state index contributed by atoms with van der Waals surface area (Å²) in [5, 5.41) is 7.82. The SMILES string of the molecule is CCCNC(CC1=CCCCC1)Cc1ncnn1C. The van der Waals surface area contributed by atoms with E-state index in [9.17, 15) is 0 Å². The molecule has 1 aliphatic carbocycles. The van der Waals surface area contributed by atoms with Gasteiger partial charge in [0.05, 0.1) is 0 Å². The molecule has 0 radical (unpaired) electrons. The smallest absolute Gasteiger partial charge is 0.138 e. The predicted molar refractivity (Wildman–Crippen MR) is 78.0 cm³/mol. The van der Waals surface area contributed by atoms with Gasteiger partial charge in [-0.3, -0.25) is 4.68 Å². The van der Waals surface area contributed by atoms with Gasteiger partial charge in [-0.1, -0.05) is 18.6 Å². The summed E-state index contributed by atoms with van der Waals surface area (Å²) in [6.07, 6.45) is 12.7. The van der Waals surface area contributed by atoms with Crippen LogP contribution in [0.1, 0.15) is 51.3 Å². The minimum atomic E-state index is 0.493. The highest BCUT2D eigenvalue weighted by molar-refractivity contribution is 5.08. The zero-order chi connectivity index (χ0) is 13.5. The minimum Gasteiger partial charge on any atom is -0.313 e. The third-order valence-electron chi connectivity index (χ3n) is 3.81. The van der Waals surface area contributed by atoms with Crippen LogP contribution in [-0.2, 0) is 13.5 Å². The van der Waals surface area contributed by atoms with Gasteiger partial charge in [-0.2, -0.15) is 5.10 Å². The van der Waals surface area contributed by atoms with Crippen molar-refractivity contribution in [3.8, 4) is 0 Å². The normalized spacial score (nSPS) is 17.3. The topological polar surface area (TPSA) is 42.7 Å². The molecule has 4 heteroatoms. The standard InChI is InChI=1S/C15H26N4/c1-3-9-16-14(10-13-7-5-4-6-8-13)11-15-17-12-18-19(15)2/h7,12,14,16H,3-6,8-11H2,1-2H3. The Morgan fingerprint density at radius 1 is 1.37 bits per heavy atom. The fourth-order valence-corrected chi connectivity index (χ4v) is 2.70. The first-order chi connectivity index (χ1) is 9.29. The highest BCUT2D eigenvalue weighted by Gasteiger charge is 2.15. The van der Waals surface area contributed by atoms with Crippen LogP contribution in [0.4, 0.5) is 0 Å². The zero-order valence-corrected chi connectivity index (χ0v) is 12.2. The maximum atomic E-state index is 4.35. The van der Waals surface area contributed by atoms with Crippen molar-refractivity contribution in [2.75, 3.05) is 6.54 Å². The first-order valence-electron chi connectivity index (χ1n) is 7.53. The average Bonchev–Trinajstić information content (AvgIpc) is 2.83. The zero-order valence-electron chi connectivity index (χ0n) is 12.2. The molecule has 0 aromatic carbocycles. The summed E-state index contributed by atoms with van der Waals surface area (Å²) in [6, 6.07) is 0.493. The third kappa shape index (κ3) is 4.46. The molecule has 0 amide bonds. The van der Waals surface area contributed by atoms with Crippen LogP contribution in [0.2, 0.25) is 0 Å². The molecule has 1 unspecified atom stereocenters. The molecule has 1 heterocycles. The molecule has 1 aromatic heterocycles. The Morgan fingerprint density at radius 2 is 2.26 bits per heavy atom. The van der Waals surface area contributed by atoms with Gasteiger partial charge in [0.25, 0.3) is 0 Å². The van der Waals surface area contributed by atoms with E-state index in [1.54, 1.807) is 11.9 Å². The van der Waals surface area contributed by atoms with Crippen LogP contribution in [0.3, 0.4) is 0 Å². The molecule has 1 atom stereocenters. The fraction of sp³-hybridized carbons (Fsp3) is 0.733. The molecule has 0 bridgehead atoms. The van der Waals surface area contributed by atoms with Crippen LogP contribution in [0.5, 0.6) is 0 Å². The van der Waals surface area contributed by atoms with E-state index in [0.717, 1.165) is 25.2 Å². The highest BCUT2D eigenvalue weighted by atomic mass is 15.3. The fourth-order valence-electron chi connectivity index (χ4n) is 2.70. The number of nitrogens with one attached hydrogen (secondary N) is 1. The monoisotopic (exact) mass is 262 g/mol. The van der Waals surface area contributed by atoms with Crippen molar-refractivity contribution in [1.29, 1.82) is 0 Å². The van der Waals surface area contributed by atoms with E-state index in [4.69, 9.17) is 0 Å². The van der Waals surface area contributed by atoms with Crippen molar-refractivity contribution in [3.63, 3.8) is 0 Å². The van der Waals surface area contributed by atoms with Crippen LogP contribution < -0.4 is 5.32 Å². The molecular formula is C15H26N4. The molecule has 1 aromatic rings. The van der Waals surface area contributed by atoms with Crippen molar-refractivity contribution in [3.05, 3.63) is 23.8 Å². The number of hydrogen-bond acceptors (Lipinski definition) is 3. The lowest BCUT2D eigenvalue weighted by atomic mass is 9.93. The van der Waals surface area contributed by atoms with Gasteiger partial charge < -0.3 is 5.32 Å². The Bertz CT molecular complexity index is 408. The van der Waals surface area contributed by atoms with E-state index in [-0.39, 0.29) is 0 Å². The molecule has 0 saturated heterocycles. The Hall–Kier alpha value is -1.16. The molecule has 106 valence electrons. The maximum absolute atomic E-state index is 4.35. The van der Waals surface area contributed by atoms with Crippen molar-refractivity contribution in [2.45, 2.75) is 57.9 Å². The van der Waals surface area contributed by atoms with Gasteiger partial charge in [0, 0.05) is 19.5 Å². The largest absolute Gasteiger partial charge is 0.313 e. The van der Waals surface area contributed by atoms with Crippen LogP contribution in [0.15, 0.2) is 18.0 Å². The van der Waals surface area contributed by atoms with Gasteiger partial charge in [0.15, 0.2) is 0 Å². The molecule has 2 rings (SSSR count). The molecule has 19 heavy (non-hydrogen) atoms. The van der Waals surface area contributed by atoms with Gasteiger partial charge in [0.2, 0.25) is 0 Å². The Labute approximate surface area is 116 Å². The summed E-state index contributed by atoms with van der Waals surface area (Å²) in [5.41, 5.74) is 1.63. The number of aryl methyl sites for hydroxylation is 1. The van der Waals surface area contributed by atoms with E-state index in [1.807, 2.05) is 11.7 Å². The van der Waals surface area contributed by atoms with Crippen molar-refractivity contribution >= 4 is 0 Å². The summed E-state index contributed by atoms with van der Waals surface area (Å²) >= 11 is 0. The quantitative estimate of drug-likeness (QED) is 0.768. The van der Waals surface area contributed by atoms with Crippen LogP contribution in [0.25, 0.3) is 0 Å². The summed E-state index contributed by atoms with van der Waals surface area (Å²) in [4.78, 5) is 4.35.